The molecule has 4 rings (SSSR count). The van der Waals surface area contributed by atoms with Crippen molar-refractivity contribution in [2.45, 2.75) is 32.2 Å². The van der Waals surface area contributed by atoms with Crippen molar-refractivity contribution in [2.24, 2.45) is 5.92 Å². The van der Waals surface area contributed by atoms with E-state index in [2.05, 4.69) is 34.4 Å². The number of allylic oxidation sites excluding steroid dienone is 2. The summed E-state index contributed by atoms with van der Waals surface area (Å²) >= 11 is 0. The molecule has 2 heterocycles. The Labute approximate surface area is 151 Å². The molecule has 2 aliphatic rings. The molecule has 0 aromatic carbocycles. The molecule has 26 heavy (non-hydrogen) atoms. The maximum absolute atomic E-state index is 13.0. The highest BCUT2D eigenvalue weighted by atomic mass is 16.2. The van der Waals surface area contributed by atoms with Crippen molar-refractivity contribution < 1.29 is 4.79 Å². The van der Waals surface area contributed by atoms with E-state index in [0.717, 1.165) is 17.7 Å². The summed E-state index contributed by atoms with van der Waals surface area (Å²) in [4.78, 5) is 31.8. The molecule has 0 radical (unpaired) electrons. The maximum Gasteiger partial charge on any atom is 0.252 e. The smallest absolute Gasteiger partial charge is 0.252 e. The molecule has 5 heteroatoms. The second-order valence-corrected chi connectivity index (χ2v) is 7.05. The van der Waals surface area contributed by atoms with Crippen LogP contribution in [0.1, 0.15) is 41.9 Å². The van der Waals surface area contributed by atoms with E-state index in [4.69, 9.17) is 0 Å². The van der Waals surface area contributed by atoms with Crippen LogP contribution in [-0.4, -0.2) is 15.9 Å². The number of hydrogen-bond acceptors (Lipinski definition) is 3. The fraction of sp³-hybridized carbons (Fsp3) is 0.286. The standard InChI is InChI=1S/C21H21N3O2/c1-3-16-15-10-13(2)12-21(16,17-4-5-19(25)23-18(17)11-15)24-20(26)14-6-8-22-9-7-14/h3-10,15H,11-12H2,1-2H3,(H,23,25)(H,24,26)/b16-3+/t15-,21+/m0/s1. The third kappa shape index (κ3) is 2.51. The van der Waals surface area contributed by atoms with Crippen LogP contribution in [0.25, 0.3) is 0 Å². The lowest BCUT2D eigenvalue weighted by atomic mass is 9.63. The van der Waals surface area contributed by atoms with Crippen LogP contribution in [-0.2, 0) is 12.0 Å². The predicted molar refractivity (Wildman–Crippen MR) is 99.8 cm³/mol. The molecule has 132 valence electrons. The second-order valence-electron chi connectivity index (χ2n) is 7.05. The maximum atomic E-state index is 13.0. The van der Waals surface area contributed by atoms with Crippen LogP contribution >= 0.6 is 0 Å². The molecule has 0 unspecified atom stereocenters. The van der Waals surface area contributed by atoms with Gasteiger partial charge in [-0.15, -0.1) is 0 Å². The van der Waals surface area contributed by atoms with E-state index in [9.17, 15) is 9.59 Å². The van der Waals surface area contributed by atoms with Gasteiger partial charge in [-0.2, -0.15) is 0 Å². The SMILES string of the molecule is C/C=C1\[C@H]2C=C(C)C[C@]1(NC(=O)c1ccncc1)c1ccc(=O)[nH]c1C2. The van der Waals surface area contributed by atoms with Crippen LogP contribution < -0.4 is 10.9 Å². The number of nitrogens with zero attached hydrogens (tertiary/aromatic N) is 1. The fourth-order valence-electron chi connectivity index (χ4n) is 4.46. The summed E-state index contributed by atoms with van der Waals surface area (Å²) in [5, 5.41) is 3.29. The minimum atomic E-state index is -0.629. The van der Waals surface area contributed by atoms with Crippen LogP contribution in [0, 0.1) is 5.92 Å². The summed E-state index contributed by atoms with van der Waals surface area (Å²) in [6.45, 7) is 4.12. The number of amides is 1. The van der Waals surface area contributed by atoms with E-state index >= 15 is 0 Å². The Morgan fingerprint density at radius 3 is 2.81 bits per heavy atom. The first-order valence-corrected chi connectivity index (χ1v) is 8.82. The number of carbonyl (C=O) groups excluding carboxylic acids is 1. The molecular formula is C21H21N3O2. The first kappa shape index (κ1) is 16.5. The first-order valence-electron chi connectivity index (χ1n) is 8.82. The van der Waals surface area contributed by atoms with E-state index in [1.165, 1.54) is 11.1 Å². The quantitative estimate of drug-likeness (QED) is 0.820. The number of fused-ring (bicyclic) bond motifs is 4. The lowest BCUT2D eigenvalue weighted by Gasteiger charge is -2.48. The van der Waals surface area contributed by atoms with Gasteiger partial charge in [0, 0.05) is 41.2 Å². The molecule has 2 aliphatic carbocycles. The highest BCUT2D eigenvalue weighted by molar-refractivity contribution is 5.95. The predicted octanol–water partition coefficient (Wildman–Crippen LogP) is 2.86. The van der Waals surface area contributed by atoms with Gasteiger partial charge in [0.2, 0.25) is 5.56 Å². The second kappa shape index (κ2) is 6.09. The van der Waals surface area contributed by atoms with Crippen molar-refractivity contribution in [3.05, 3.63) is 87.1 Å². The molecule has 2 atom stereocenters. The number of aromatic amines is 1. The van der Waals surface area contributed by atoms with Gasteiger partial charge < -0.3 is 10.3 Å². The van der Waals surface area contributed by atoms with Crippen LogP contribution in [0.2, 0.25) is 0 Å². The molecule has 2 aromatic rings. The highest BCUT2D eigenvalue weighted by Gasteiger charge is 2.47. The number of aromatic nitrogens is 2. The van der Waals surface area contributed by atoms with Gasteiger partial charge in [0.1, 0.15) is 0 Å². The topological polar surface area (TPSA) is 74.8 Å². The molecular weight excluding hydrogens is 326 g/mol. The normalized spacial score (nSPS) is 25.4. The van der Waals surface area contributed by atoms with Crippen molar-refractivity contribution >= 4 is 5.91 Å². The molecule has 1 amide bonds. The number of pyridine rings is 2. The van der Waals surface area contributed by atoms with E-state index in [0.29, 0.717) is 12.0 Å². The van der Waals surface area contributed by atoms with Gasteiger partial charge in [-0.05, 0) is 50.5 Å². The summed E-state index contributed by atoms with van der Waals surface area (Å²) in [5.41, 5.74) is 4.16. The van der Waals surface area contributed by atoms with Crippen LogP contribution in [0.15, 0.2) is 64.8 Å². The largest absolute Gasteiger partial charge is 0.338 e. The summed E-state index contributed by atoms with van der Waals surface area (Å²) in [7, 11) is 0. The Kier molecular flexibility index (Phi) is 3.87. The summed E-state index contributed by atoms with van der Waals surface area (Å²) < 4.78 is 0. The third-order valence-electron chi connectivity index (χ3n) is 5.39. The molecule has 0 saturated heterocycles. The van der Waals surface area contributed by atoms with Gasteiger partial charge in [0.25, 0.3) is 5.91 Å². The Bertz CT molecular complexity index is 988. The Hall–Kier alpha value is -2.95. The first-order chi connectivity index (χ1) is 12.5. The van der Waals surface area contributed by atoms with E-state index in [1.54, 1.807) is 30.6 Å². The van der Waals surface area contributed by atoms with E-state index in [1.807, 2.05) is 13.0 Å². The minimum absolute atomic E-state index is 0.109. The number of hydrogen-bond donors (Lipinski definition) is 2. The molecule has 2 bridgehead atoms. The number of H-pyrrole nitrogens is 1. The molecule has 0 aliphatic heterocycles. The summed E-state index contributed by atoms with van der Waals surface area (Å²) in [6.07, 6.45) is 9.03. The Morgan fingerprint density at radius 1 is 1.31 bits per heavy atom. The van der Waals surface area contributed by atoms with Crippen molar-refractivity contribution in [3.63, 3.8) is 0 Å². The summed E-state index contributed by atoms with van der Waals surface area (Å²) in [5.74, 6) is 0.0382. The van der Waals surface area contributed by atoms with Crippen molar-refractivity contribution in [3.8, 4) is 0 Å². The van der Waals surface area contributed by atoms with Gasteiger partial charge >= 0.3 is 0 Å². The van der Waals surface area contributed by atoms with Crippen LogP contribution in [0.4, 0.5) is 0 Å². The monoisotopic (exact) mass is 347 g/mol. The van der Waals surface area contributed by atoms with Crippen molar-refractivity contribution in [1.82, 2.24) is 15.3 Å². The van der Waals surface area contributed by atoms with E-state index < -0.39 is 5.54 Å². The number of nitrogens with one attached hydrogen (secondary N) is 2. The van der Waals surface area contributed by atoms with Crippen LogP contribution in [0.3, 0.4) is 0 Å². The van der Waals surface area contributed by atoms with Crippen molar-refractivity contribution in [2.75, 3.05) is 0 Å². The van der Waals surface area contributed by atoms with Gasteiger partial charge in [-0.1, -0.05) is 17.7 Å². The molecule has 5 nitrogen and oxygen atoms in total. The highest BCUT2D eigenvalue weighted by Crippen LogP contribution is 2.49. The van der Waals surface area contributed by atoms with Crippen LogP contribution in [0.5, 0.6) is 0 Å². The zero-order chi connectivity index (χ0) is 18.3. The number of rotatable bonds is 2. The molecule has 0 spiro atoms. The van der Waals surface area contributed by atoms with E-state index in [-0.39, 0.29) is 17.4 Å². The Morgan fingerprint density at radius 2 is 2.08 bits per heavy atom. The van der Waals surface area contributed by atoms with Gasteiger partial charge in [0.05, 0.1) is 5.54 Å². The summed E-state index contributed by atoms with van der Waals surface area (Å²) in [6, 6.07) is 6.82. The molecule has 0 saturated carbocycles. The van der Waals surface area contributed by atoms with Gasteiger partial charge in [0.15, 0.2) is 0 Å². The van der Waals surface area contributed by atoms with Gasteiger partial charge in [-0.3, -0.25) is 14.6 Å². The molecule has 2 N–H and O–H groups in total. The zero-order valence-electron chi connectivity index (χ0n) is 14.9. The average molecular weight is 347 g/mol. The minimum Gasteiger partial charge on any atom is -0.338 e. The Balaban J connectivity index is 1.88. The fourth-order valence-corrected chi connectivity index (χ4v) is 4.46. The lowest BCUT2D eigenvalue weighted by Crippen LogP contribution is -2.53. The van der Waals surface area contributed by atoms with Crippen molar-refractivity contribution in [1.29, 1.82) is 0 Å². The number of carbonyl (C=O) groups is 1. The zero-order valence-corrected chi connectivity index (χ0v) is 14.9. The average Bonchev–Trinajstić information content (AvgIpc) is 2.61. The molecule has 0 fully saturated rings. The van der Waals surface area contributed by atoms with Gasteiger partial charge in [-0.25, -0.2) is 0 Å². The third-order valence-corrected chi connectivity index (χ3v) is 5.39. The molecule has 2 aromatic heterocycles. The lowest BCUT2D eigenvalue weighted by molar-refractivity contribution is 0.0902.